The number of hydrogen-bond acceptors (Lipinski definition) is 3. The third-order valence-corrected chi connectivity index (χ3v) is 3.56. The first-order valence-corrected chi connectivity index (χ1v) is 6.23. The van der Waals surface area contributed by atoms with E-state index in [-0.39, 0.29) is 5.91 Å². The van der Waals surface area contributed by atoms with Gasteiger partial charge >= 0.3 is 0 Å². The summed E-state index contributed by atoms with van der Waals surface area (Å²) in [5.74, 6) is 0.982. The van der Waals surface area contributed by atoms with Gasteiger partial charge in [0.15, 0.2) is 5.82 Å². The Bertz CT molecular complexity index is 389. The van der Waals surface area contributed by atoms with Crippen molar-refractivity contribution in [2.45, 2.75) is 33.1 Å². The summed E-state index contributed by atoms with van der Waals surface area (Å²) in [6.45, 7) is 5.40. The summed E-state index contributed by atoms with van der Waals surface area (Å²) in [7, 11) is 0. The maximum absolute atomic E-state index is 12.3. The second-order valence-electron chi connectivity index (χ2n) is 4.75. The van der Waals surface area contributed by atoms with Crippen molar-refractivity contribution in [2.24, 2.45) is 5.92 Å². The lowest BCUT2D eigenvalue weighted by Gasteiger charge is -2.31. The van der Waals surface area contributed by atoms with Gasteiger partial charge in [-0.25, -0.2) is 0 Å². The largest absolute Gasteiger partial charge is 0.382 e. The molecule has 0 aromatic carbocycles. The third kappa shape index (κ3) is 2.28. The average molecular weight is 236 g/mol. The topological polar surface area (TPSA) is 75.0 Å². The molecule has 3 N–H and O–H groups in total. The van der Waals surface area contributed by atoms with E-state index in [0.29, 0.717) is 17.3 Å². The van der Waals surface area contributed by atoms with E-state index in [4.69, 9.17) is 5.73 Å². The van der Waals surface area contributed by atoms with Crippen LogP contribution in [0.25, 0.3) is 0 Å². The smallest absolute Gasteiger partial charge is 0.259 e. The predicted molar refractivity (Wildman–Crippen MR) is 66.7 cm³/mol. The van der Waals surface area contributed by atoms with Crippen LogP contribution in [0.4, 0.5) is 5.82 Å². The van der Waals surface area contributed by atoms with Crippen molar-refractivity contribution >= 4 is 11.7 Å². The van der Waals surface area contributed by atoms with Gasteiger partial charge in [-0.1, -0.05) is 6.42 Å². The molecular weight excluding hydrogens is 216 g/mol. The average Bonchev–Trinajstić information content (AvgIpc) is 2.56. The van der Waals surface area contributed by atoms with Crippen LogP contribution in [0.3, 0.4) is 0 Å². The Morgan fingerprint density at radius 2 is 2.29 bits per heavy atom. The molecule has 5 nitrogen and oxygen atoms in total. The highest BCUT2D eigenvalue weighted by Gasteiger charge is 2.26. The van der Waals surface area contributed by atoms with Crippen molar-refractivity contribution in [1.82, 2.24) is 15.1 Å². The zero-order valence-corrected chi connectivity index (χ0v) is 10.5. The molecule has 0 unspecified atom stereocenters. The Hall–Kier alpha value is -1.52. The first-order chi connectivity index (χ1) is 8.13. The summed E-state index contributed by atoms with van der Waals surface area (Å²) in [6.07, 6.45) is 3.77. The fourth-order valence-electron chi connectivity index (χ4n) is 2.22. The van der Waals surface area contributed by atoms with E-state index < -0.39 is 0 Å². The lowest BCUT2D eigenvalue weighted by atomic mass is 9.85. The zero-order valence-electron chi connectivity index (χ0n) is 10.5. The van der Waals surface area contributed by atoms with E-state index in [9.17, 15) is 4.79 Å². The molecule has 1 heterocycles. The molecule has 0 aliphatic heterocycles. The first kappa shape index (κ1) is 12.0. The number of nitrogens with zero attached hydrogens (tertiary/aromatic N) is 2. The van der Waals surface area contributed by atoms with E-state index in [0.717, 1.165) is 18.8 Å². The molecule has 2 rings (SSSR count). The number of hydrogen-bond donors (Lipinski definition) is 2. The third-order valence-electron chi connectivity index (χ3n) is 3.56. The number of amides is 1. The molecule has 0 spiro atoms. The summed E-state index contributed by atoms with van der Waals surface area (Å²) in [6, 6.07) is 0. The minimum absolute atomic E-state index is 0.00292. The van der Waals surface area contributed by atoms with Gasteiger partial charge in [-0.3, -0.25) is 9.89 Å². The van der Waals surface area contributed by atoms with Gasteiger partial charge in [0.1, 0.15) is 5.56 Å². The van der Waals surface area contributed by atoms with Crippen LogP contribution in [-0.2, 0) is 0 Å². The maximum atomic E-state index is 12.3. The number of carbonyl (C=O) groups is 1. The number of aromatic amines is 1. The van der Waals surface area contributed by atoms with Gasteiger partial charge in [0.25, 0.3) is 5.91 Å². The number of nitrogens with one attached hydrogen (secondary N) is 1. The summed E-state index contributed by atoms with van der Waals surface area (Å²) in [5.41, 5.74) is 7.01. The van der Waals surface area contributed by atoms with Gasteiger partial charge < -0.3 is 10.6 Å². The number of rotatable bonds is 4. The SMILES string of the molecule is CCN(CC1CCC1)C(=O)c1c(N)n[nH]c1C. The number of aromatic nitrogens is 2. The van der Waals surface area contributed by atoms with Crippen molar-refractivity contribution in [3.63, 3.8) is 0 Å². The van der Waals surface area contributed by atoms with Crippen LogP contribution in [0, 0.1) is 12.8 Å². The Balaban J connectivity index is 2.10. The number of nitrogens with two attached hydrogens (primary N) is 1. The normalized spacial score (nSPS) is 15.6. The lowest BCUT2D eigenvalue weighted by Crippen LogP contribution is -2.37. The molecule has 1 aliphatic rings. The van der Waals surface area contributed by atoms with Crippen LogP contribution in [-0.4, -0.2) is 34.1 Å². The molecule has 1 fully saturated rings. The number of nitrogen functional groups attached to an aromatic ring is 1. The molecule has 0 radical (unpaired) electrons. The lowest BCUT2D eigenvalue weighted by molar-refractivity contribution is 0.0707. The highest BCUT2D eigenvalue weighted by atomic mass is 16.2. The van der Waals surface area contributed by atoms with Crippen molar-refractivity contribution in [1.29, 1.82) is 0 Å². The minimum Gasteiger partial charge on any atom is -0.382 e. The van der Waals surface area contributed by atoms with E-state index >= 15 is 0 Å². The second-order valence-corrected chi connectivity index (χ2v) is 4.75. The number of anilines is 1. The maximum Gasteiger partial charge on any atom is 0.259 e. The van der Waals surface area contributed by atoms with Crippen LogP contribution in [0.1, 0.15) is 42.2 Å². The van der Waals surface area contributed by atoms with Crippen LogP contribution >= 0.6 is 0 Å². The van der Waals surface area contributed by atoms with Crippen molar-refractivity contribution in [2.75, 3.05) is 18.8 Å². The monoisotopic (exact) mass is 236 g/mol. The highest BCUT2D eigenvalue weighted by Crippen LogP contribution is 2.28. The van der Waals surface area contributed by atoms with Gasteiger partial charge in [0.2, 0.25) is 0 Å². The summed E-state index contributed by atoms with van der Waals surface area (Å²) in [4.78, 5) is 14.2. The standard InChI is InChI=1S/C12H20N4O/c1-3-16(7-9-5-4-6-9)12(17)10-8(2)14-15-11(10)13/h9H,3-7H2,1-2H3,(H3,13,14,15). The van der Waals surface area contributed by atoms with E-state index in [1.54, 1.807) is 0 Å². The van der Waals surface area contributed by atoms with Gasteiger partial charge in [0, 0.05) is 18.8 Å². The molecule has 1 amide bonds. The van der Waals surface area contributed by atoms with Crippen LogP contribution < -0.4 is 5.73 Å². The Morgan fingerprint density at radius 3 is 2.71 bits per heavy atom. The zero-order chi connectivity index (χ0) is 12.4. The van der Waals surface area contributed by atoms with E-state index in [1.807, 2.05) is 18.7 Å². The molecule has 1 saturated carbocycles. The molecule has 0 bridgehead atoms. The minimum atomic E-state index is 0.00292. The molecule has 94 valence electrons. The quantitative estimate of drug-likeness (QED) is 0.833. The molecule has 17 heavy (non-hydrogen) atoms. The molecular formula is C12H20N4O. The van der Waals surface area contributed by atoms with Gasteiger partial charge in [-0.15, -0.1) is 0 Å². The molecule has 1 aromatic rings. The second kappa shape index (κ2) is 4.77. The molecule has 0 atom stereocenters. The predicted octanol–water partition coefficient (Wildman–Crippen LogP) is 1.56. The van der Waals surface area contributed by atoms with Crippen molar-refractivity contribution in [3.05, 3.63) is 11.3 Å². The van der Waals surface area contributed by atoms with Crippen molar-refractivity contribution < 1.29 is 4.79 Å². The van der Waals surface area contributed by atoms with Crippen LogP contribution in [0.5, 0.6) is 0 Å². The van der Waals surface area contributed by atoms with Gasteiger partial charge in [-0.05, 0) is 32.6 Å². The molecule has 1 aromatic heterocycles. The van der Waals surface area contributed by atoms with Crippen LogP contribution in [0.15, 0.2) is 0 Å². The summed E-state index contributed by atoms with van der Waals surface area (Å²) < 4.78 is 0. The van der Waals surface area contributed by atoms with Gasteiger partial charge in [-0.2, -0.15) is 5.10 Å². The van der Waals surface area contributed by atoms with Crippen LogP contribution in [0.2, 0.25) is 0 Å². The number of carbonyl (C=O) groups excluding carboxylic acids is 1. The summed E-state index contributed by atoms with van der Waals surface area (Å²) >= 11 is 0. The molecule has 0 saturated heterocycles. The number of H-pyrrole nitrogens is 1. The van der Waals surface area contributed by atoms with E-state index in [2.05, 4.69) is 10.2 Å². The fourth-order valence-corrected chi connectivity index (χ4v) is 2.22. The Kier molecular flexibility index (Phi) is 3.36. The van der Waals surface area contributed by atoms with E-state index in [1.165, 1.54) is 19.3 Å². The highest BCUT2D eigenvalue weighted by molar-refractivity contribution is 5.99. The molecule has 1 aliphatic carbocycles. The summed E-state index contributed by atoms with van der Waals surface area (Å²) in [5, 5.41) is 6.63. The fraction of sp³-hybridized carbons (Fsp3) is 0.667. The Morgan fingerprint density at radius 1 is 1.59 bits per heavy atom. The molecule has 5 heteroatoms. The number of aryl methyl sites for hydroxylation is 1. The van der Waals surface area contributed by atoms with Crippen molar-refractivity contribution in [3.8, 4) is 0 Å². The Labute approximate surface area is 101 Å². The first-order valence-electron chi connectivity index (χ1n) is 6.23. The van der Waals surface area contributed by atoms with Gasteiger partial charge in [0.05, 0.1) is 0 Å².